The maximum atomic E-state index is 13.1. The molecule has 3 atom stereocenters. The van der Waals surface area contributed by atoms with Gasteiger partial charge in [0.15, 0.2) is 0 Å². The van der Waals surface area contributed by atoms with E-state index in [1.165, 1.54) is 13.8 Å². The molecule has 0 amide bonds. The zero-order valence-corrected chi connectivity index (χ0v) is 17.5. The third kappa shape index (κ3) is 6.60. The van der Waals surface area contributed by atoms with Gasteiger partial charge >= 0.3 is 18.3 Å². The first-order valence-corrected chi connectivity index (χ1v) is 9.93. The number of carbonyl (C=O) groups excluding carboxylic acids is 1. The third-order valence-electron chi connectivity index (χ3n) is 5.50. The van der Waals surface area contributed by atoms with Crippen LogP contribution in [0.3, 0.4) is 0 Å². The molecule has 0 spiro atoms. The van der Waals surface area contributed by atoms with Crippen LogP contribution < -0.4 is 0 Å². The molecular formula is C20H30F6O4. The summed E-state index contributed by atoms with van der Waals surface area (Å²) < 4.78 is 89.4. The van der Waals surface area contributed by atoms with Gasteiger partial charge in [0.1, 0.15) is 12.2 Å². The lowest BCUT2D eigenvalue weighted by atomic mass is 9.87. The Labute approximate surface area is 172 Å². The van der Waals surface area contributed by atoms with Gasteiger partial charge < -0.3 is 14.6 Å². The average Bonchev–Trinajstić information content (AvgIpc) is 2.57. The zero-order chi connectivity index (χ0) is 23.4. The van der Waals surface area contributed by atoms with Gasteiger partial charge in [-0.2, -0.15) is 26.3 Å². The van der Waals surface area contributed by atoms with Gasteiger partial charge in [0, 0.05) is 5.57 Å². The summed E-state index contributed by atoms with van der Waals surface area (Å²) in [4.78, 5) is 11.7. The Bertz CT molecular complexity index is 587. The molecule has 176 valence electrons. The van der Waals surface area contributed by atoms with Gasteiger partial charge in [0.25, 0.3) is 5.60 Å². The summed E-state index contributed by atoms with van der Waals surface area (Å²) in [5, 5.41) is 9.58. The number of alkyl halides is 6. The van der Waals surface area contributed by atoms with Crippen LogP contribution in [0.25, 0.3) is 0 Å². The molecule has 1 rings (SSSR count). The minimum Gasteiger partial charge on any atom is -0.459 e. The van der Waals surface area contributed by atoms with Crippen LogP contribution in [0.1, 0.15) is 72.1 Å². The summed E-state index contributed by atoms with van der Waals surface area (Å²) in [7, 11) is 0. The Balaban J connectivity index is 2.94. The minimum atomic E-state index is -5.95. The predicted octanol–water partition coefficient (Wildman–Crippen LogP) is 5.63. The molecule has 1 N–H and O–H groups in total. The number of aliphatic hydroxyl groups is 1. The number of rotatable bonds is 5. The van der Waals surface area contributed by atoms with Crippen molar-refractivity contribution in [3.63, 3.8) is 0 Å². The molecule has 0 bridgehead atoms. The number of hydrogen-bond acceptors (Lipinski definition) is 4. The standard InChI is InChI=1S/C20H30F6O4/c1-13(2)16(27)29-15-9-6-5-7-11-17(4,12-8-10-15)30-14(3)18(28,19(21,22)23)20(24,25)26/h14-15,28H,1,5-12H2,2-4H3. The second-order valence-electron chi connectivity index (χ2n) is 8.27. The smallest absolute Gasteiger partial charge is 0.428 e. The van der Waals surface area contributed by atoms with Crippen LogP contribution in [0.4, 0.5) is 26.3 Å². The molecule has 1 aliphatic rings. The van der Waals surface area contributed by atoms with E-state index >= 15 is 0 Å². The maximum Gasteiger partial charge on any atom is 0.428 e. The Morgan fingerprint density at radius 3 is 2.03 bits per heavy atom. The molecule has 1 saturated carbocycles. The lowest BCUT2D eigenvalue weighted by Crippen LogP contribution is -2.65. The van der Waals surface area contributed by atoms with E-state index in [0.29, 0.717) is 45.4 Å². The first-order chi connectivity index (χ1) is 13.5. The van der Waals surface area contributed by atoms with Crippen LogP contribution in [0.15, 0.2) is 12.2 Å². The van der Waals surface area contributed by atoms with Crippen molar-refractivity contribution in [1.82, 2.24) is 0 Å². The summed E-state index contributed by atoms with van der Waals surface area (Å²) >= 11 is 0. The van der Waals surface area contributed by atoms with Gasteiger partial charge in [-0.1, -0.05) is 19.4 Å². The van der Waals surface area contributed by atoms with Gasteiger partial charge in [0.2, 0.25) is 0 Å². The van der Waals surface area contributed by atoms with Crippen molar-refractivity contribution in [2.45, 2.75) is 108 Å². The van der Waals surface area contributed by atoms with Gasteiger partial charge in [0.05, 0.1) is 5.60 Å². The summed E-state index contributed by atoms with van der Waals surface area (Å²) in [5.41, 5.74) is -6.03. The van der Waals surface area contributed by atoms with Crippen molar-refractivity contribution in [2.75, 3.05) is 0 Å². The van der Waals surface area contributed by atoms with Gasteiger partial charge in [-0.05, 0) is 59.3 Å². The lowest BCUT2D eigenvalue weighted by Gasteiger charge is -2.42. The summed E-state index contributed by atoms with van der Waals surface area (Å²) in [6.45, 7) is 7.06. The van der Waals surface area contributed by atoms with Crippen molar-refractivity contribution in [3.05, 3.63) is 12.2 Å². The Morgan fingerprint density at radius 2 is 1.53 bits per heavy atom. The molecule has 1 aliphatic carbocycles. The third-order valence-corrected chi connectivity index (χ3v) is 5.50. The quantitative estimate of drug-likeness (QED) is 0.337. The molecular weight excluding hydrogens is 418 g/mol. The maximum absolute atomic E-state index is 13.1. The zero-order valence-electron chi connectivity index (χ0n) is 17.5. The van der Waals surface area contributed by atoms with E-state index in [2.05, 4.69) is 6.58 Å². The van der Waals surface area contributed by atoms with Gasteiger partial charge in [-0.3, -0.25) is 0 Å². The largest absolute Gasteiger partial charge is 0.459 e. The molecule has 4 nitrogen and oxygen atoms in total. The van der Waals surface area contributed by atoms with E-state index in [-0.39, 0.29) is 18.4 Å². The van der Waals surface area contributed by atoms with Gasteiger partial charge in [-0.15, -0.1) is 0 Å². The highest BCUT2D eigenvalue weighted by atomic mass is 19.4. The molecule has 0 aromatic rings. The van der Waals surface area contributed by atoms with Gasteiger partial charge in [-0.25, -0.2) is 4.79 Å². The highest BCUT2D eigenvalue weighted by Crippen LogP contribution is 2.47. The number of hydrogen-bond donors (Lipinski definition) is 1. The van der Waals surface area contributed by atoms with Crippen molar-refractivity contribution < 1.29 is 45.7 Å². The van der Waals surface area contributed by atoms with E-state index in [4.69, 9.17) is 9.47 Å². The summed E-state index contributed by atoms with van der Waals surface area (Å²) in [6.07, 6.45) is -11.2. The highest BCUT2D eigenvalue weighted by Gasteiger charge is 2.74. The van der Waals surface area contributed by atoms with E-state index < -0.39 is 41.7 Å². The first kappa shape index (κ1) is 26.7. The Hall–Kier alpha value is -1.29. The van der Waals surface area contributed by atoms with Crippen LogP contribution in [0, 0.1) is 0 Å². The molecule has 1 fully saturated rings. The van der Waals surface area contributed by atoms with Crippen LogP contribution >= 0.6 is 0 Å². The van der Waals surface area contributed by atoms with E-state index in [0.717, 1.165) is 0 Å². The Morgan fingerprint density at radius 1 is 1.03 bits per heavy atom. The van der Waals surface area contributed by atoms with Crippen molar-refractivity contribution >= 4 is 5.97 Å². The van der Waals surface area contributed by atoms with Crippen molar-refractivity contribution in [3.8, 4) is 0 Å². The van der Waals surface area contributed by atoms with Crippen LogP contribution in [0.5, 0.6) is 0 Å². The Kier molecular flexibility index (Phi) is 8.82. The minimum absolute atomic E-state index is 0.157. The van der Waals surface area contributed by atoms with Crippen LogP contribution in [-0.4, -0.2) is 46.8 Å². The fourth-order valence-electron chi connectivity index (χ4n) is 3.64. The molecule has 0 radical (unpaired) electrons. The molecule has 0 aromatic heterocycles. The second kappa shape index (κ2) is 9.89. The summed E-state index contributed by atoms with van der Waals surface area (Å²) in [6, 6.07) is 0. The first-order valence-electron chi connectivity index (χ1n) is 9.93. The molecule has 0 saturated heterocycles. The highest BCUT2D eigenvalue weighted by molar-refractivity contribution is 5.87. The molecule has 30 heavy (non-hydrogen) atoms. The number of halogens is 6. The fraction of sp³-hybridized carbons (Fsp3) is 0.850. The van der Waals surface area contributed by atoms with Crippen LogP contribution in [-0.2, 0) is 14.3 Å². The molecule has 0 aromatic carbocycles. The number of ether oxygens (including phenoxy) is 2. The average molecular weight is 448 g/mol. The van der Waals surface area contributed by atoms with E-state index in [9.17, 15) is 36.2 Å². The molecule has 0 aliphatic heterocycles. The van der Waals surface area contributed by atoms with E-state index in [1.807, 2.05) is 0 Å². The second-order valence-corrected chi connectivity index (χ2v) is 8.27. The van der Waals surface area contributed by atoms with Crippen LogP contribution in [0.2, 0.25) is 0 Å². The predicted molar refractivity (Wildman–Crippen MR) is 97.6 cm³/mol. The number of esters is 1. The molecule has 10 heteroatoms. The van der Waals surface area contributed by atoms with Crippen molar-refractivity contribution in [1.29, 1.82) is 0 Å². The van der Waals surface area contributed by atoms with E-state index in [1.54, 1.807) is 0 Å². The monoisotopic (exact) mass is 448 g/mol. The lowest BCUT2D eigenvalue weighted by molar-refractivity contribution is -0.399. The normalized spacial score (nSPS) is 26.0. The fourth-order valence-corrected chi connectivity index (χ4v) is 3.64. The molecule has 3 unspecified atom stereocenters. The molecule has 0 heterocycles. The SMILES string of the molecule is C=C(C)C(=O)OC1CCCCCC(C)(OC(C)C(O)(C(F)(F)F)C(F)(F)F)CCC1. The summed E-state index contributed by atoms with van der Waals surface area (Å²) in [5.74, 6) is -0.537. The van der Waals surface area contributed by atoms with Crippen molar-refractivity contribution in [2.24, 2.45) is 0 Å². The topological polar surface area (TPSA) is 55.8 Å². The number of carbonyl (C=O) groups is 1.